The van der Waals surface area contributed by atoms with Gasteiger partial charge >= 0.3 is 5.97 Å². The van der Waals surface area contributed by atoms with E-state index in [1.165, 1.54) is 18.4 Å². The van der Waals surface area contributed by atoms with Crippen LogP contribution < -0.4 is 0 Å². The fourth-order valence-corrected chi connectivity index (χ4v) is 8.37. The average molecular weight is 483 g/mol. The molecule has 0 aromatic carbocycles. The van der Waals surface area contributed by atoms with E-state index in [9.17, 15) is 14.7 Å². The van der Waals surface area contributed by atoms with E-state index in [4.69, 9.17) is 33.3 Å². The number of carbonyl (C=O) groups is 2. The second kappa shape index (κ2) is 8.99. The van der Waals surface area contributed by atoms with Crippen molar-refractivity contribution in [3.05, 3.63) is 11.6 Å². The summed E-state index contributed by atoms with van der Waals surface area (Å²) >= 11 is 11.3. The molecular weight excluding hydrogens is 448 g/mol. The summed E-state index contributed by atoms with van der Waals surface area (Å²) in [5.41, 5.74) is 1.20. The molecule has 3 fully saturated rings. The Morgan fingerprint density at radius 2 is 2.06 bits per heavy atom. The first-order valence-electron chi connectivity index (χ1n) is 11.9. The van der Waals surface area contributed by atoms with Crippen molar-refractivity contribution in [3.8, 4) is 0 Å². The number of hydrogen-bond acceptors (Lipinski definition) is 6. The zero-order valence-electron chi connectivity index (χ0n) is 19.2. The molecule has 0 aromatic rings. The summed E-state index contributed by atoms with van der Waals surface area (Å²) in [6.45, 7) is 6.98. The number of rotatable bonds is 5. The minimum atomic E-state index is -0.574. The molecule has 7 heteroatoms. The summed E-state index contributed by atoms with van der Waals surface area (Å²) in [4.78, 5) is 22.9. The normalized spacial score (nSPS) is 45.0. The zero-order valence-corrected chi connectivity index (χ0v) is 20.8. The predicted molar refractivity (Wildman–Crippen MR) is 126 cm³/mol. The molecule has 0 radical (unpaired) electrons. The molecule has 0 aromatic heterocycles. The van der Waals surface area contributed by atoms with E-state index in [1.807, 2.05) is 6.08 Å². The van der Waals surface area contributed by atoms with Crippen molar-refractivity contribution in [2.45, 2.75) is 77.9 Å². The van der Waals surface area contributed by atoms with Gasteiger partial charge < -0.3 is 19.4 Å². The van der Waals surface area contributed by atoms with Gasteiger partial charge in [-0.05, 0) is 91.3 Å². The number of allylic oxidation sites excluding steroid dienone is 1. The van der Waals surface area contributed by atoms with Gasteiger partial charge in [-0.3, -0.25) is 4.79 Å². The molecule has 5 nitrogen and oxygen atoms in total. The van der Waals surface area contributed by atoms with Gasteiger partial charge in [-0.1, -0.05) is 37.9 Å². The zero-order chi connectivity index (χ0) is 23.3. The number of ether oxygens (including phenoxy) is 2. The number of esters is 1. The van der Waals surface area contributed by atoms with E-state index in [1.54, 1.807) is 0 Å². The van der Waals surface area contributed by atoms with Crippen molar-refractivity contribution in [2.75, 3.05) is 6.07 Å². The second-order valence-electron chi connectivity index (χ2n) is 10.9. The van der Waals surface area contributed by atoms with Crippen LogP contribution in [0.5, 0.6) is 0 Å². The van der Waals surface area contributed by atoms with Gasteiger partial charge in [0.2, 0.25) is 0 Å². The van der Waals surface area contributed by atoms with Crippen LogP contribution in [0.1, 0.15) is 65.7 Å². The fraction of sp³-hybridized carbons (Fsp3) is 0.800. The Bertz CT molecular complexity index is 814. The van der Waals surface area contributed by atoms with E-state index in [2.05, 4.69) is 20.8 Å². The highest BCUT2D eigenvalue weighted by Gasteiger charge is 2.62. The fourth-order valence-electron chi connectivity index (χ4n) is 7.91. The van der Waals surface area contributed by atoms with Crippen LogP contribution in [0.3, 0.4) is 0 Å². The van der Waals surface area contributed by atoms with Crippen LogP contribution >= 0.6 is 23.8 Å². The molecule has 4 rings (SSSR count). The van der Waals surface area contributed by atoms with Gasteiger partial charge in [-0.2, -0.15) is 0 Å². The number of alkyl halides is 1. The number of halogens is 1. The van der Waals surface area contributed by atoms with Crippen LogP contribution in [0.15, 0.2) is 11.6 Å². The maximum atomic E-state index is 12.1. The maximum Gasteiger partial charge on any atom is 0.313 e. The van der Waals surface area contributed by atoms with Gasteiger partial charge in [-0.25, -0.2) is 0 Å². The summed E-state index contributed by atoms with van der Waals surface area (Å²) in [5.74, 6) is 1.00. The summed E-state index contributed by atoms with van der Waals surface area (Å²) in [7, 11) is 0. The number of thiocarbonyl (C=S) groups is 1. The van der Waals surface area contributed by atoms with Crippen LogP contribution in [0, 0.1) is 40.4 Å². The van der Waals surface area contributed by atoms with Crippen LogP contribution in [0.2, 0.25) is 0 Å². The van der Waals surface area contributed by atoms with Gasteiger partial charge in [0, 0.05) is 0 Å². The third-order valence-corrected chi connectivity index (χ3v) is 10.1. The Morgan fingerprint density at radius 3 is 2.75 bits per heavy atom. The van der Waals surface area contributed by atoms with E-state index >= 15 is 0 Å². The third-order valence-electron chi connectivity index (χ3n) is 9.56. The van der Waals surface area contributed by atoms with E-state index in [0.717, 1.165) is 19.3 Å². The van der Waals surface area contributed by atoms with Gasteiger partial charge in [0.05, 0.1) is 12.0 Å². The van der Waals surface area contributed by atoms with Crippen molar-refractivity contribution in [3.63, 3.8) is 0 Å². The Labute approximate surface area is 201 Å². The molecule has 0 spiro atoms. The van der Waals surface area contributed by atoms with Crippen molar-refractivity contribution in [1.29, 1.82) is 0 Å². The lowest BCUT2D eigenvalue weighted by molar-refractivity contribution is -0.153. The number of aliphatic hydroxyl groups excluding tert-OH is 1. The molecule has 32 heavy (non-hydrogen) atoms. The van der Waals surface area contributed by atoms with E-state index in [-0.39, 0.29) is 41.3 Å². The number of fused-ring (bicyclic) bond motifs is 5. The van der Waals surface area contributed by atoms with Crippen LogP contribution in [-0.4, -0.2) is 40.7 Å². The minimum Gasteiger partial charge on any atom is -0.471 e. The number of aliphatic hydroxyl groups is 1. The van der Waals surface area contributed by atoms with Gasteiger partial charge in [0.25, 0.3) is 0 Å². The molecule has 4 aliphatic rings. The molecule has 4 unspecified atom stereocenters. The Kier molecular flexibility index (Phi) is 6.79. The summed E-state index contributed by atoms with van der Waals surface area (Å²) in [6.07, 6.45) is 7.30. The second-order valence-corrected chi connectivity index (χ2v) is 11.5. The first-order chi connectivity index (χ1) is 15.2. The predicted octanol–water partition coefficient (Wildman–Crippen LogP) is 4.82. The molecular formula is C25H35ClO5S. The summed E-state index contributed by atoms with van der Waals surface area (Å²) < 4.78 is 11.1. The molecule has 0 heterocycles. The molecule has 0 bridgehead atoms. The first-order valence-corrected chi connectivity index (χ1v) is 12.8. The lowest BCUT2D eigenvalue weighted by Crippen LogP contribution is -2.58. The van der Waals surface area contributed by atoms with Crippen LogP contribution in [0.25, 0.3) is 0 Å². The van der Waals surface area contributed by atoms with Crippen LogP contribution in [0.4, 0.5) is 0 Å². The molecule has 178 valence electrons. The first kappa shape index (κ1) is 24.2. The molecule has 4 aliphatic carbocycles. The summed E-state index contributed by atoms with van der Waals surface area (Å²) in [5, 5.41) is 11.8. The maximum absolute atomic E-state index is 12.1. The highest BCUT2D eigenvalue weighted by Crippen LogP contribution is 2.67. The van der Waals surface area contributed by atoms with Gasteiger partial charge in [0.15, 0.2) is 11.1 Å². The SMILES string of the molecule is CC1CC[C@H]2[C@@H]3CCC4=CC(OC(=O)CC=O)C(C(=S)OCCl)C[C@]4(C)[C@@H]3C(O)C[C@]12C. The Morgan fingerprint density at radius 1 is 1.31 bits per heavy atom. The Balaban J connectivity index is 1.68. The topological polar surface area (TPSA) is 72.8 Å². The minimum absolute atomic E-state index is 0.0649. The molecule has 9 atom stereocenters. The largest absolute Gasteiger partial charge is 0.471 e. The van der Waals surface area contributed by atoms with Crippen molar-refractivity contribution in [1.82, 2.24) is 0 Å². The number of hydrogen-bond donors (Lipinski definition) is 1. The standard InChI is InChI=1S/C25H35ClO5S/c1-14-4-7-18-16-6-5-15-10-20(31-21(29)8-9-27)17(23(32)30-13-26)11-25(15,3)22(16)19(28)12-24(14,18)2/h9-10,14,16-20,22,28H,4-8,11-13H2,1-3H3/t14?,16-,17?,18-,19?,20?,22-,24+,25-/m0/s1. The molecule has 3 saturated carbocycles. The van der Waals surface area contributed by atoms with Gasteiger partial charge in [-0.15, -0.1) is 0 Å². The molecule has 0 aliphatic heterocycles. The third kappa shape index (κ3) is 3.84. The monoisotopic (exact) mass is 482 g/mol. The molecule has 0 amide bonds. The highest BCUT2D eigenvalue weighted by atomic mass is 35.5. The smallest absolute Gasteiger partial charge is 0.313 e. The lowest BCUT2D eigenvalue weighted by Gasteiger charge is -2.60. The number of carbonyl (C=O) groups excluding carboxylic acids is 2. The van der Waals surface area contributed by atoms with E-state index < -0.39 is 12.1 Å². The van der Waals surface area contributed by atoms with Crippen molar-refractivity contribution >= 4 is 41.1 Å². The van der Waals surface area contributed by atoms with Gasteiger partial charge in [0.1, 0.15) is 18.8 Å². The quantitative estimate of drug-likeness (QED) is 0.151. The average Bonchev–Trinajstić information content (AvgIpc) is 3.02. The van der Waals surface area contributed by atoms with Crippen molar-refractivity contribution < 1.29 is 24.2 Å². The van der Waals surface area contributed by atoms with Crippen molar-refractivity contribution in [2.24, 2.45) is 40.4 Å². The lowest BCUT2D eigenvalue weighted by atomic mass is 9.45. The highest BCUT2D eigenvalue weighted by molar-refractivity contribution is 7.80. The number of aldehydes is 1. The Hall–Kier alpha value is -0.980. The summed E-state index contributed by atoms with van der Waals surface area (Å²) in [6, 6.07) is -0.0649. The van der Waals surface area contributed by atoms with E-state index in [0.29, 0.717) is 35.5 Å². The molecule has 0 saturated heterocycles. The van der Waals surface area contributed by atoms with Crippen LogP contribution in [-0.2, 0) is 19.1 Å². The molecule has 1 N–H and O–H groups in total.